The summed E-state index contributed by atoms with van der Waals surface area (Å²) in [5.41, 5.74) is 2.00. The smallest absolute Gasteiger partial charge is 0.251 e. The van der Waals surface area contributed by atoms with Gasteiger partial charge in [-0.25, -0.2) is 23.7 Å². The minimum Gasteiger partial charge on any atom is -0.457 e. The number of carbonyl (C=O) groups is 1. The van der Waals surface area contributed by atoms with Crippen molar-refractivity contribution in [2.24, 2.45) is 0 Å². The molecule has 0 aliphatic rings. The number of nitrogens with one attached hydrogen (secondary N) is 2. The Morgan fingerprint density at radius 3 is 2.55 bits per heavy atom. The molecular formula is C24H19F2N5O2. The van der Waals surface area contributed by atoms with E-state index in [-0.39, 0.29) is 12.5 Å². The van der Waals surface area contributed by atoms with Gasteiger partial charge in [0.1, 0.15) is 35.3 Å². The van der Waals surface area contributed by atoms with Crippen molar-refractivity contribution in [1.82, 2.24) is 20.3 Å². The monoisotopic (exact) mass is 447 g/mol. The first-order valence-corrected chi connectivity index (χ1v) is 9.96. The van der Waals surface area contributed by atoms with Crippen LogP contribution in [0.25, 0.3) is 0 Å². The normalized spacial score (nSPS) is 10.5. The number of ether oxygens (including phenoxy) is 1. The fraction of sp³-hybridized carbons (Fsp3) is 0.0833. The van der Waals surface area contributed by atoms with E-state index in [2.05, 4.69) is 25.6 Å². The molecule has 2 aromatic carbocycles. The van der Waals surface area contributed by atoms with E-state index >= 15 is 0 Å². The lowest BCUT2D eigenvalue weighted by Crippen LogP contribution is -2.23. The Hall–Kier alpha value is -4.40. The van der Waals surface area contributed by atoms with Crippen LogP contribution in [0.3, 0.4) is 0 Å². The third kappa shape index (κ3) is 5.65. The number of rotatable bonds is 7. The molecule has 0 aliphatic heterocycles. The molecule has 0 bridgehead atoms. The summed E-state index contributed by atoms with van der Waals surface area (Å²) < 4.78 is 32.7. The summed E-state index contributed by atoms with van der Waals surface area (Å²) in [6.45, 7) is 1.74. The first-order valence-electron chi connectivity index (χ1n) is 9.96. The molecule has 9 heteroatoms. The van der Waals surface area contributed by atoms with Gasteiger partial charge in [0, 0.05) is 36.0 Å². The van der Waals surface area contributed by atoms with Gasteiger partial charge in [0.2, 0.25) is 0 Å². The van der Waals surface area contributed by atoms with Gasteiger partial charge in [-0.3, -0.25) is 4.79 Å². The van der Waals surface area contributed by atoms with Crippen molar-refractivity contribution < 1.29 is 18.3 Å². The van der Waals surface area contributed by atoms with E-state index in [1.807, 2.05) is 0 Å². The van der Waals surface area contributed by atoms with E-state index in [1.54, 1.807) is 55.8 Å². The summed E-state index contributed by atoms with van der Waals surface area (Å²) >= 11 is 0. The van der Waals surface area contributed by atoms with Crippen LogP contribution in [-0.4, -0.2) is 20.9 Å². The highest BCUT2D eigenvalue weighted by Gasteiger charge is 2.14. The zero-order valence-electron chi connectivity index (χ0n) is 17.5. The van der Waals surface area contributed by atoms with Crippen LogP contribution < -0.4 is 15.4 Å². The van der Waals surface area contributed by atoms with Crippen molar-refractivity contribution in [1.29, 1.82) is 0 Å². The number of amides is 1. The number of pyridine rings is 1. The van der Waals surface area contributed by atoms with E-state index in [1.165, 1.54) is 18.5 Å². The number of anilines is 2. The Balaban J connectivity index is 1.47. The van der Waals surface area contributed by atoms with Gasteiger partial charge in [0.05, 0.1) is 18.1 Å². The van der Waals surface area contributed by atoms with Crippen molar-refractivity contribution in [2.45, 2.75) is 13.5 Å². The highest BCUT2D eigenvalue weighted by molar-refractivity contribution is 5.96. The standard InChI is InChI=1S/C24H19F2N5O2/c1-15-21(24(32)30-11-16-7-17(25)9-18(26)8-16)3-2-4-22(15)33-20-5-6-29-23(10-20)31-19-12-27-14-28-13-19/h2-10,12-14H,11H2,1H3,(H,29,31)(H,30,32). The number of carbonyl (C=O) groups excluding carboxylic acids is 1. The fourth-order valence-electron chi connectivity index (χ4n) is 3.14. The number of aromatic nitrogens is 3. The molecule has 0 fully saturated rings. The Bertz CT molecular complexity index is 1260. The van der Waals surface area contributed by atoms with E-state index < -0.39 is 11.6 Å². The van der Waals surface area contributed by atoms with E-state index in [9.17, 15) is 13.6 Å². The van der Waals surface area contributed by atoms with Gasteiger partial charge in [-0.05, 0) is 42.8 Å². The minimum absolute atomic E-state index is 0.0133. The summed E-state index contributed by atoms with van der Waals surface area (Å²) in [4.78, 5) is 24.8. The largest absolute Gasteiger partial charge is 0.457 e. The van der Waals surface area contributed by atoms with E-state index in [4.69, 9.17) is 4.74 Å². The average Bonchev–Trinajstić information content (AvgIpc) is 2.79. The number of benzene rings is 2. The molecule has 166 valence electrons. The first kappa shape index (κ1) is 21.8. The highest BCUT2D eigenvalue weighted by Crippen LogP contribution is 2.28. The quantitative estimate of drug-likeness (QED) is 0.418. The number of halogens is 2. The van der Waals surface area contributed by atoms with Gasteiger partial charge in [-0.15, -0.1) is 0 Å². The van der Waals surface area contributed by atoms with Gasteiger partial charge in [-0.1, -0.05) is 6.07 Å². The Morgan fingerprint density at radius 2 is 1.79 bits per heavy atom. The summed E-state index contributed by atoms with van der Waals surface area (Å²) in [5.74, 6) is -0.242. The lowest BCUT2D eigenvalue weighted by Gasteiger charge is -2.13. The molecule has 0 radical (unpaired) electrons. The molecular weight excluding hydrogens is 428 g/mol. The van der Waals surface area contributed by atoms with Crippen molar-refractivity contribution in [3.63, 3.8) is 0 Å². The molecule has 2 N–H and O–H groups in total. The molecule has 0 unspecified atom stereocenters. The fourth-order valence-corrected chi connectivity index (χ4v) is 3.14. The molecule has 4 aromatic rings. The molecule has 4 rings (SSSR count). The zero-order valence-corrected chi connectivity index (χ0v) is 17.5. The highest BCUT2D eigenvalue weighted by atomic mass is 19.1. The Kier molecular flexibility index (Phi) is 6.49. The zero-order chi connectivity index (χ0) is 23.2. The predicted octanol–water partition coefficient (Wildman–Crippen LogP) is 4.92. The lowest BCUT2D eigenvalue weighted by molar-refractivity contribution is 0.0950. The second kappa shape index (κ2) is 9.82. The van der Waals surface area contributed by atoms with Crippen molar-refractivity contribution in [3.8, 4) is 11.5 Å². The van der Waals surface area contributed by atoms with Crippen LogP contribution in [0, 0.1) is 18.6 Å². The maximum Gasteiger partial charge on any atom is 0.251 e. The van der Waals surface area contributed by atoms with Crippen LogP contribution in [0.2, 0.25) is 0 Å². The summed E-state index contributed by atoms with van der Waals surface area (Å²) in [6, 6.07) is 11.6. The van der Waals surface area contributed by atoms with Crippen molar-refractivity contribution in [3.05, 3.63) is 102 Å². The van der Waals surface area contributed by atoms with Gasteiger partial charge in [-0.2, -0.15) is 0 Å². The van der Waals surface area contributed by atoms with Crippen LogP contribution in [0.4, 0.5) is 20.3 Å². The maximum absolute atomic E-state index is 13.4. The van der Waals surface area contributed by atoms with Gasteiger partial charge >= 0.3 is 0 Å². The van der Waals surface area contributed by atoms with Crippen molar-refractivity contribution in [2.75, 3.05) is 5.32 Å². The molecule has 2 heterocycles. The molecule has 33 heavy (non-hydrogen) atoms. The lowest BCUT2D eigenvalue weighted by atomic mass is 10.1. The third-order valence-electron chi connectivity index (χ3n) is 4.70. The molecule has 0 aliphatic carbocycles. The predicted molar refractivity (Wildman–Crippen MR) is 118 cm³/mol. The van der Waals surface area contributed by atoms with Crippen LogP contribution in [0.1, 0.15) is 21.5 Å². The average molecular weight is 447 g/mol. The SMILES string of the molecule is Cc1c(Oc2ccnc(Nc3cncnc3)c2)cccc1C(=O)NCc1cc(F)cc(F)c1. The Labute approximate surface area is 188 Å². The summed E-state index contributed by atoms with van der Waals surface area (Å²) in [5, 5.41) is 5.76. The Morgan fingerprint density at radius 1 is 1.03 bits per heavy atom. The number of hydrogen-bond acceptors (Lipinski definition) is 6. The third-order valence-corrected chi connectivity index (χ3v) is 4.70. The number of hydrogen-bond donors (Lipinski definition) is 2. The maximum atomic E-state index is 13.4. The second-order valence-electron chi connectivity index (χ2n) is 7.12. The number of nitrogens with zero attached hydrogens (tertiary/aromatic N) is 3. The molecule has 1 amide bonds. The summed E-state index contributed by atoms with van der Waals surface area (Å²) in [7, 11) is 0. The van der Waals surface area contributed by atoms with Gasteiger partial charge < -0.3 is 15.4 Å². The van der Waals surface area contributed by atoms with Gasteiger partial charge in [0.15, 0.2) is 0 Å². The summed E-state index contributed by atoms with van der Waals surface area (Å²) in [6.07, 6.45) is 6.26. The molecule has 0 saturated carbocycles. The van der Waals surface area contributed by atoms with Gasteiger partial charge in [0.25, 0.3) is 5.91 Å². The van der Waals surface area contributed by atoms with E-state index in [0.717, 1.165) is 6.07 Å². The second-order valence-corrected chi connectivity index (χ2v) is 7.12. The first-order chi connectivity index (χ1) is 16.0. The molecule has 7 nitrogen and oxygen atoms in total. The van der Waals surface area contributed by atoms with Crippen molar-refractivity contribution >= 4 is 17.4 Å². The van der Waals surface area contributed by atoms with E-state index in [0.29, 0.717) is 39.7 Å². The molecule has 2 aromatic heterocycles. The molecule has 0 spiro atoms. The topological polar surface area (TPSA) is 89.0 Å². The van der Waals surface area contributed by atoms with Crippen LogP contribution in [0.5, 0.6) is 11.5 Å². The van der Waals surface area contributed by atoms with Crippen LogP contribution in [-0.2, 0) is 6.54 Å². The minimum atomic E-state index is -0.697. The molecule has 0 saturated heterocycles. The van der Waals surface area contributed by atoms with Crippen LogP contribution >= 0.6 is 0 Å². The van der Waals surface area contributed by atoms with Crippen LogP contribution in [0.15, 0.2) is 73.4 Å². The molecule has 0 atom stereocenters.